The van der Waals surface area contributed by atoms with E-state index >= 15 is 0 Å². The van der Waals surface area contributed by atoms with Gasteiger partial charge >= 0.3 is 0 Å². The average Bonchev–Trinajstić information content (AvgIpc) is 2.86. The van der Waals surface area contributed by atoms with Gasteiger partial charge in [-0.1, -0.05) is 13.8 Å². The van der Waals surface area contributed by atoms with Crippen molar-refractivity contribution in [3.05, 3.63) is 18.2 Å². The third-order valence-corrected chi connectivity index (χ3v) is 3.09. The maximum atomic E-state index is 5.96. The molecule has 1 unspecified atom stereocenters. The first-order valence-electron chi connectivity index (χ1n) is 6.20. The van der Waals surface area contributed by atoms with Crippen molar-refractivity contribution in [2.24, 2.45) is 16.6 Å². The third kappa shape index (κ3) is 2.28. The normalized spacial score (nSPS) is 20.1. The number of nitrogens with zero attached hydrogens (tertiary/aromatic N) is 4. The number of guanidine groups is 1. The van der Waals surface area contributed by atoms with E-state index in [-0.39, 0.29) is 6.04 Å². The standard InChI is InChI=1S/C12H21N5/c1-4-16-8-14-5-10(16)11-6-15-12(13)17(11)7-9(2)3/h5,8-9,11H,4,6-7H2,1-3H3,(H2,13,15). The molecule has 1 aliphatic heterocycles. The highest BCUT2D eigenvalue weighted by atomic mass is 15.3. The van der Waals surface area contributed by atoms with Gasteiger partial charge in [0.05, 0.1) is 30.8 Å². The summed E-state index contributed by atoms with van der Waals surface area (Å²) in [5, 5.41) is 0. The fourth-order valence-corrected chi connectivity index (χ4v) is 2.27. The van der Waals surface area contributed by atoms with Gasteiger partial charge in [-0.2, -0.15) is 0 Å². The smallest absolute Gasteiger partial charge is 0.191 e. The lowest BCUT2D eigenvalue weighted by Crippen LogP contribution is -2.39. The Hall–Kier alpha value is -1.52. The van der Waals surface area contributed by atoms with Crippen LogP contribution in [0.2, 0.25) is 0 Å². The van der Waals surface area contributed by atoms with E-state index < -0.39 is 0 Å². The van der Waals surface area contributed by atoms with Crippen LogP contribution in [0, 0.1) is 5.92 Å². The molecular weight excluding hydrogens is 214 g/mol. The molecule has 0 spiro atoms. The second-order valence-corrected chi connectivity index (χ2v) is 4.87. The minimum Gasteiger partial charge on any atom is -0.370 e. The highest BCUT2D eigenvalue weighted by molar-refractivity contribution is 5.80. The Labute approximate surface area is 102 Å². The molecule has 0 bridgehead atoms. The Morgan fingerprint density at radius 1 is 1.53 bits per heavy atom. The van der Waals surface area contributed by atoms with Crippen LogP contribution in [0.3, 0.4) is 0 Å². The largest absolute Gasteiger partial charge is 0.370 e. The molecule has 2 heterocycles. The number of rotatable bonds is 4. The summed E-state index contributed by atoms with van der Waals surface area (Å²) in [4.78, 5) is 10.8. The van der Waals surface area contributed by atoms with Crippen LogP contribution < -0.4 is 5.73 Å². The van der Waals surface area contributed by atoms with Crippen molar-refractivity contribution in [2.45, 2.75) is 33.4 Å². The number of aliphatic imine (C=N–C) groups is 1. The SMILES string of the molecule is CCn1cncc1C1CN=C(N)N1CC(C)C. The van der Waals surface area contributed by atoms with Gasteiger partial charge in [-0.3, -0.25) is 4.99 Å². The van der Waals surface area contributed by atoms with E-state index in [1.807, 2.05) is 12.5 Å². The summed E-state index contributed by atoms with van der Waals surface area (Å²) in [7, 11) is 0. The molecule has 5 nitrogen and oxygen atoms in total. The zero-order valence-electron chi connectivity index (χ0n) is 10.8. The number of hydrogen-bond acceptors (Lipinski definition) is 4. The maximum absolute atomic E-state index is 5.96. The predicted octanol–water partition coefficient (Wildman–Crippen LogP) is 1.23. The van der Waals surface area contributed by atoms with Crippen LogP contribution in [0.25, 0.3) is 0 Å². The van der Waals surface area contributed by atoms with Crippen LogP contribution in [-0.2, 0) is 6.54 Å². The first-order chi connectivity index (χ1) is 8.13. The lowest BCUT2D eigenvalue weighted by molar-refractivity contribution is 0.299. The summed E-state index contributed by atoms with van der Waals surface area (Å²) < 4.78 is 2.16. The summed E-state index contributed by atoms with van der Waals surface area (Å²) in [6.45, 7) is 9.12. The lowest BCUT2D eigenvalue weighted by Gasteiger charge is -2.28. The van der Waals surface area contributed by atoms with E-state index in [1.54, 1.807) is 0 Å². The van der Waals surface area contributed by atoms with Crippen LogP contribution in [0.4, 0.5) is 0 Å². The fraction of sp³-hybridized carbons (Fsp3) is 0.667. The molecule has 2 N–H and O–H groups in total. The van der Waals surface area contributed by atoms with Gasteiger partial charge in [-0.15, -0.1) is 0 Å². The number of imidazole rings is 1. The molecule has 0 fully saturated rings. The average molecular weight is 235 g/mol. The first-order valence-corrected chi connectivity index (χ1v) is 6.20. The zero-order chi connectivity index (χ0) is 12.4. The number of aryl methyl sites for hydroxylation is 1. The van der Waals surface area contributed by atoms with Crippen molar-refractivity contribution < 1.29 is 0 Å². The molecule has 1 aromatic heterocycles. The monoisotopic (exact) mass is 235 g/mol. The molecule has 0 aromatic carbocycles. The molecule has 0 saturated heterocycles. The van der Waals surface area contributed by atoms with Crippen LogP contribution in [0.15, 0.2) is 17.5 Å². The Morgan fingerprint density at radius 3 is 2.94 bits per heavy atom. The topological polar surface area (TPSA) is 59.4 Å². The quantitative estimate of drug-likeness (QED) is 0.854. The van der Waals surface area contributed by atoms with Gasteiger partial charge < -0.3 is 15.2 Å². The molecule has 0 radical (unpaired) electrons. The van der Waals surface area contributed by atoms with Crippen LogP contribution in [-0.4, -0.2) is 33.5 Å². The molecule has 0 amide bonds. The minimum atomic E-state index is 0.250. The summed E-state index contributed by atoms with van der Waals surface area (Å²) in [6, 6.07) is 0.250. The van der Waals surface area contributed by atoms with Gasteiger partial charge in [-0.05, 0) is 12.8 Å². The van der Waals surface area contributed by atoms with Gasteiger partial charge in [0.25, 0.3) is 0 Å². The summed E-state index contributed by atoms with van der Waals surface area (Å²) in [6.07, 6.45) is 3.80. The van der Waals surface area contributed by atoms with E-state index in [1.165, 1.54) is 5.69 Å². The van der Waals surface area contributed by atoms with E-state index in [0.29, 0.717) is 11.9 Å². The second kappa shape index (κ2) is 4.77. The Balaban J connectivity index is 2.21. The summed E-state index contributed by atoms with van der Waals surface area (Å²) >= 11 is 0. The van der Waals surface area contributed by atoms with E-state index in [9.17, 15) is 0 Å². The van der Waals surface area contributed by atoms with E-state index in [4.69, 9.17) is 5.73 Å². The Kier molecular flexibility index (Phi) is 3.36. The predicted molar refractivity (Wildman–Crippen MR) is 68.7 cm³/mol. The maximum Gasteiger partial charge on any atom is 0.191 e. The molecule has 1 atom stereocenters. The van der Waals surface area contributed by atoms with Crippen LogP contribution >= 0.6 is 0 Å². The molecule has 2 rings (SSSR count). The van der Waals surface area contributed by atoms with Gasteiger partial charge in [0, 0.05) is 13.1 Å². The molecule has 5 heteroatoms. The molecule has 94 valence electrons. The van der Waals surface area contributed by atoms with Crippen LogP contribution in [0.1, 0.15) is 32.5 Å². The van der Waals surface area contributed by atoms with Crippen molar-refractivity contribution in [1.29, 1.82) is 0 Å². The summed E-state index contributed by atoms with van der Waals surface area (Å²) in [5.41, 5.74) is 7.17. The van der Waals surface area contributed by atoms with E-state index in [2.05, 4.69) is 40.2 Å². The zero-order valence-corrected chi connectivity index (χ0v) is 10.8. The number of hydrogen-bond donors (Lipinski definition) is 1. The van der Waals surface area contributed by atoms with Crippen molar-refractivity contribution >= 4 is 5.96 Å². The van der Waals surface area contributed by atoms with E-state index in [0.717, 1.165) is 19.6 Å². The van der Waals surface area contributed by atoms with Gasteiger partial charge in [0.2, 0.25) is 0 Å². The van der Waals surface area contributed by atoms with Gasteiger partial charge in [-0.25, -0.2) is 4.98 Å². The summed E-state index contributed by atoms with van der Waals surface area (Å²) in [5.74, 6) is 1.23. The molecular formula is C12H21N5. The van der Waals surface area contributed by atoms with Gasteiger partial charge in [0.15, 0.2) is 5.96 Å². The highest BCUT2D eigenvalue weighted by Crippen LogP contribution is 2.26. The molecule has 1 aromatic rings. The van der Waals surface area contributed by atoms with Crippen molar-refractivity contribution in [3.63, 3.8) is 0 Å². The molecule has 17 heavy (non-hydrogen) atoms. The van der Waals surface area contributed by atoms with Crippen molar-refractivity contribution in [2.75, 3.05) is 13.1 Å². The Morgan fingerprint density at radius 2 is 2.29 bits per heavy atom. The highest BCUT2D eigenvalue weighted by Gasteiger charge is 2.29. The minimum absolute atomic E-state index is 0.250. The van der Waals surface area contributed by atoms with Gasteiger partial charge in [0.1, 0.15) is 0 Å². The number of aromatic nitrogens is 2. The van der Waals surface area contributed by atoms with Crippen molar-refractivity contribution in [3.8, 4) is 0 Å². The second-order valence-electron chi connectivity index (χ2n) is 4.87. The fourth-order valence-electron chi connectivity index (χ4n) is 2.27. The molecule has 0 saturated carbocycles. The number of nitrogens with two attached hydrogens (primary N) is 1. The lowest BCUT2D eigenvalue weighted by atomic mass is 10.1. The van der Waals surface area contributed by atoms with Crippen LogP contribution in [0.5, 0.6) is 0 Å². The Bertz CT molecular complexity index is 407. The first kappa shape index (κ1) is 12.0. The molecule has 0 aliphatic carbocycles. The van der Waals surface area contributed by atoms with Crippen molar-refractivity contribution in [1.82, 2.24) is 14.5 Å². The third-order valence-electron chi connectivity index (χ3n) is 3.09. The molecule has 1 aliphatic rings.